The van der Waals surface area contributed by atoms with Gasteiger partial charge in [0, 0.05) is 11.4 Å². The zero-order chi connectivity index (χ0) is 18.9. The molecular formula is C17H15ClFN5O2. The van der Waals surface area contributed by atoms with E-state index in [2.05, 4.69) is 10.4 Å². The number of primary amides is 2. The largest absolute Gasteiger partial charge is 0.364 e. The number of aromatic nitrogens is 2. The highest BCUT2D eigenvalue weighted by molar-refractivity contribution is 6.30. The van der Waals surface area contributed by atoms with Gasteiger partial charge in [-0.25, -0.2) is 13.9 Å². The molecule has 0 bridgehead atoms. The molecule has 1 atom stereocenters. The van der Waals surface area contributed by atoms with Crippen molar-refractivity contribution in [3.05, 3.63) is 65.0 Å². The molecule has 26 heavy (non-hydrogen) atoms. The summed E-state index contributed by atoms with van der Waals surface area (Å²) in [5.74, 6) is -2.94. The van der Waals surface area contributed by atoms with Gasteiger partial charge in [0.05, 0.1) is 11.9 Å². The molecule has 2 aromatic rings. The number of halogens is 2. The van der Waals surface area contributed by atoms with Gasteiger partial charge in [-0.2, -0.15) is 5.10 Å². The molecule has 1 aliphatic carbocycles. The molecule has 3 amide bonds. The molecule has 9 heteroatoms. The van der Waals surface area contributed by atoms with Gasteiger partial charge >= 0.3 is 6.03 Å². The van der Waals surface area contributed by atoms with Crippen molar-refractivity contribution in [1.29, 1.82) is 0 Å². The van der Waals surface area contributed by atoms with Crippen molar-refractivity contribution in [2.75, 3.05) is 5.32 Å². The molecule has 1 aromatic carbocycles. The van der Waals surface area contributed by atoms with Crippen LogP contribution < -0.4 is 16.8 Å². The zero-order valence-electron chi connectivity index (χ0n) is 13.4. The smallest absolute Gasteiger partial charge is 0.316 e. The van der Waals surface area contributed by atoms with Crippen LogP contribution in [0, 0.1) is 0 Å². The van der Waals surface area contributed by atoms with Crippen LogP contribution in [0.15, 0.2) is 48.7 Å². The molecule has 0 saturated carbocycles. The first-order valence-corrected chi connectivity index (χ1v) is 7.97. The van der Waals surface area contributed by atoms with Gasteiger partial charge < -0.3 is 16.8 Å². The van der Waals surface area contributed by atoms with Crippen molar-refractivity contribution in [1.82, 2.24) is 9.78 Å². The third-order valence-electron chi connectivity index (χ3n) is 3.87. The molecule has 1 aliphatic rings. The van der Waals surface area contributed by atoms with Crippen LogP contribution in [0.2, 0.25) is 5.02 Å². The van der Waals surface area contributed by atoms with E-state index in [0.717, 1.165) is 15.8 Å². The summed E-state index contributed by atoms with van der Waals surface area (Å²) in [5, 5.41) is 6.65. The lowest BCUT2D eigenvalue weighted by molar-refractivity contribution is 0.0981. The molecule has 7 nitrogen and oxygen atoms in total. The van der Waals surface area contributed by atoms with E-state index in [1.165, 1.54) is 12.3 Å². The number of hydrogen-bond donors (Lipinski definition) is 3. The fourth-order valence-corrected chi connectivity index (χ4v) is 2.82. The van der Waals surface area contributed by atoms with E-state index in [1.54, 1.807) is 30.4 Å². The molecule has 1 heterocycles. The fourth-order valence-electron chi connectivity index (χ4n) is 2.63. The van der Waals surface area contributed by atoms with E-state index < -0.39 is 17.7 Å². The number of carbonyl (C=O) groups excluding carboxylic acids is 2. The van der Waals surface area contributed by atoms with Gasteiger partial charge in [-0.15, -0.1) is 0 Å². The van der Waals surface area contributed by atoms with Gasteiger partial charge in [-0.1, -0.05) is 35.9 Å². The van der Waals surface area contributed by atoms with Gasteiger partial charge in [0.1, 0.15) is 0 Å². The maximum absolute atomic E-state index is 15.3. The molecule has 0 radical (unpaired) electrons. The molecule has 0 spiro atoms. The maximum atomic E-state index is 15.3. The molecule has 0 fully saturated rings. The third-order valence-corrected chi connectivity index (χ3v) is 4.11. The predicted octanol–water partition coefficient (Wildman–Crippen LogP) is 2.79. The molecule has 5 N–H and O–H groups in total. The molecular weight excluding hydrogens is 361 g/mol. The number of carbonyl (C=O) groups is 2. The Hall–Kier alpha value is -3.13. The van der Waals surface area contributed by atoms with Crippen LogP contribution in [0.4, 0.5) is 14.9 Å². The monoisotopic (exact) mass is 375 g/mol. The van der Waals surface area contributed by atoms with Crippen LogP contribution in [0.5, 0.6) is 0 Å². The first-order valence-electron chi connectivity index (χ1n) is 7.59. The number of alkyl halides is 1. The standard InChI is InChI=1S/C17H15ClFN5O2/c18-12-3-1-2-11(8-12)10-4-6-17(19,7-5-10)24-9-13(22-16(21)26)14(23-24)15(20)25/h1-6,8-9H,7H2,(H2,20,25)(H3,21,22,26). The Balaban J connectivity index is 1.90. The number of nitrogens with one attached hydrogen (secondary N) is 1. The summed E-state index contributed by atoms with van der Waals surface area (Å²) in [5.41, 5.74) is 11.6. The van der Waals surface area contributed by atoms with Crippen LogP contribution in [0.3, 0.4) is 0 Å². The van der Waals surface area contributed by atoms with Gasteiger partial charge in [-0.3, -0.25) is 4.79 Å². The minimum atomic E-state index is -2.02. The number of hydrogen-bond acceptors (Lipinski definition) is 3. The summed E-state index contributed by atoms with van der Waals surface area (Å²) in [7, 11) is 0. The van der Waals surface area contributed by atoms with Gasteiger partial charge in [0.2, 0.25) is 5.79 Å². The van der Waals surface area contributed by atoms with Gasteiger partial charge in [0.25, 0.3) is 5.91 Å². The number of nitrogens with two attached hydrogens (primary N) is 2. The average molecular weight is 376 g/mol. The number of urea groups is 1. The van der Waals surface area contributed by atoms with Crippen molar-refractivity contribution in [3.63, 3.8) is 0 Å². The highest BCUT2D eigenvalue weighted by Gasteiger charge is 2.33. The quantitative estimate of drug-likeness (QED) is 0.762. The lowest BCUT2D eigenvalue weighted by Gasteiger charge is -2.24. The summed E-state index contributed by atoms with van der Waals surface area (Å²) in [6, 6.07) is 6.28. The molecule has 0 aliphatic heterocycles. The lowest BCUT2D eigenvalue weighted by Crippen LogP contribution is -2.28. The second-order valence-electron chi connectivity index (χ2n) is 5.72. The second kappa shape index (κ2) is 6.64. The number of nitrogens with zero attached hydrogens (tertiary/aromatic N) is 2. The first kappa shape index (κ1) is 17.7. The highest BCUT2D eigenvalue weighted by atomic mass is 35.5. The molecule has 1 aromatic heterocycles. The number of anilines is 1. The first-order chi connectivity index (χ1) is 12.3. The van der Waals surface area contributed by atoms with E-state index >= 15 is 4.39 Å². The van der Waals surface area contributed by atoms with E-state index in [-0.39, 0.29) is 17.8 Å². The summed E-state index contributed by atoms with van der Waals surface area (Å²) in [4.78, 5) is 22.5. The summed E-state index contributed by atoms with van der Waals surface area (Å²) >= 11 is 5.98. The third kappa shape index (κ3) is 3.45. The minimum absolute atomic E-state index is 0.0404. The summed E-state index contributed by atoms with van der Waals surface area (Å²) in [6.07, 6.45) is 5.74. The highest BCUT2D eigenvalue weighted by Crippen LogP contribution is 2.34. The summed E-state index contributed by atoms with van der Waals surface area (Å²) in [6.45, 7) is 0. The van der Waals surface area contributed by atoms with Crippen LogP contribution in [0.25, 0.3) is 5.57 Å². The van der Waals surface area contributed by atoms with E-state index in [0.29, 0.717) is 5.02 Å². The predicted molar refractivity (Wildman–Crippen MR) is 96.2 cm³/mol. The van der Waals surface area contributed by atoms with E-state index in [4.69, 9.17) is 23.1 Å². The SMILES string of the molecule is NC(=O)Nc1cn(C2(F)C=CC(c3cccc(Cl)c3)=CC2)nc1C(N)=O. The number of allylic oxidation sites excluding steroid dienone is 4. The number of benzene rings is 1. The Morgan fingerprint density at radius 1 is 1.35 bits per heavy atom. The lowest BCUT2D eigenvalue weighted by atomic mass is 9.96. The van der Waals surface area contributed by atoms with Crippen molar-refractivity contribution in [2.45, 2.75) is 12.2 Å². The fraction of sp³-hybridized carbons (Fsp3) is 0.118. The normalized spacial score (nSPS) is 19.1. The van der Waals surface area contributed by atoms with Gasteiger partial charge in [-0.05, 0) is 29.3 Å². The molecule has 1 unspecified atom stereocenters. The van der Waals surface area contributed by atoms with Crippen LogP contribution in [-0.2, 0) is 5.79 Å². The Morgan fingerprint density at radius 3 is 2.69 bits per heavy atom. The van der Waals surface area contributed by atoms with Crippen LogP contribution in [-0.4, -0.2) is 21.7 Å². The van der Waals surface area contributed by atoms with Crippen molar-refractivity contribution < 1.29 is 14.0 Å². The summed E-state index contributed by atoms with van der Waals surface area (Å²) < 4.78 is 16.2. The topological polar surface area (TPSA) is 116 Å². The number of rotatable bonds is 4. The Kier molecular flexibility index (Phi) is 4.52. The Labute approximate surface area is 153 Å². The van der Waals surface area contributed by atoms with Crippen molar-refractivity contribution in [2.24, 2.45) is 11.5 Å². The van der Waals surface area contributed by atoms with E-state index in [1.807, 2.05) is 6.07 Å². The van der Waals surface area contributed by atoms with Crippen molar-refractivity contribution >= 4 is 34.8 Å². The Morgan fingerprint density at radius 2 is 2.12 bits per heavy atom. The van der Waals surface area contributed by atoms with Crippen LogP contribution >= 0.6 is 11.6 Å². The van der Waals surface area contributed by atoms with Crippen molar-refractivity contribution in [3.8, 4) is 0 Å². The van der Waals surface area contributed by atoms with E-state index in [9.17, 15) is 9.59 Å². The molecule has 0 saturated heterocycles. The minimum Gasteiger partial charge on any atom is -0.364 e. The average Bonchev–Trinajstić information content (AvgIpc) is 3.00. The molecule has 3 rings (SSSR count). The van der Waals surface area contributed by atoms with Crippen LogP contribution in [0.1, 0.15) is 22.5 Å². The molecule has 134 valence electrons. The van der Waals surface area contributed by atoms with Gasteiger partial charge in [0.15, 0.2) is 5.69 Å². The zero-order valence-corrected chi connectivity index (χ0v) is 14.2. The Bertz CT molecular complexity index is 952. The number of amides is 3. The second-order valence-corrected chi connectivity index (χ2v) is 6.15. The maximum Gasteiger partial charge on any atom is 0.316 e.